The molecule has 16 heavy (non-hydrogen) atoms. The Morgan fingerprint density at radius 2 is 1.94 bits per heavy atom. The van der Waals surface area contributed by atoms with Crippen LogP contribution in [-0.2, 0) is 4.79 Å². The van der Waals surface area contributed by atoms with E-state index >= 15 is 0 Å². The third-order valence-corrected chi connectivity index (χ3v) is 2.88. The third-order valence-electron chi connectivity index (χ3n) is 2.08. The standard InChI is InChI=1S/C11H13Cl2NO2/c1-6-4-5-7(12)9(8(6)13)14-10(15)11(2,3)16/h4-5,16H,1-3H3,(H,14,15). The van der Waals surface area contributed by atoms with Gasteiger partial charge in [0, 0.05) is 0 Å². The second-order valence-electron chi connectivity index (χ2n) is 4.07. The molecule has 3 nitrogen and oxygen atoms in total. The number of halogens is 2. The predicted molar refractivity (Wildman–Crippen MR) is 66.1 cm³/mol. The van der Waals surface area contributed by atoms with Gasteiger partial charge in [-0.1, -0.05) is 29.3 Å². The van der Waals surface area contributed by atoms with Crippen LogP contribution in [-0.4, -0.2) is 16.6 Å². The smallest absolute Gasteiger partial charge is 0.255 e. The molecule has 0 fully saturated rings. The average Bonchev–Trinajstić information content (AvgIpc) is 2.17. The van der Waals surface area contributed by atoms with Crippen LogP contribution in [0.1, 0.15) is 19.4 Å². The maximum Gasteiger partial charge on any atom is 0.255 e. The fourth-order valence-electron chi connectivity index (χ4n) is 1.04. The first kappa shape index (κ1) is 13.3. The first-order valence-electron chi connectivity index (χ1n) is 4.72. The molecule has 0 radical (unpaired) electrons. The summed E-state index contributed by atoms with van der Waals surface area (Å²) in [6, 6.07) is 3.40. The number of hydrogen-bond acceptors (Lipinski definition) is 2. The van der Waals surface area contributed by atoms with Gasteiger partial charge in [-0.25, -0.2) is 0 Å². The summed E-state index contributed by atoms with van der Waals surface area (Å²) in [7, 11) is 0. The molecule has 0 aliphatic rings. The van der Waals surface area contributed by atoms with Crippen LogP contribution in [0.3, 0.4) is 0 Å². The topological polar surface area (TPSA) is 49.3 Å². The molecule has 88 valence electrons. The van der Waals surface area contributed by atoms with E-state index in [0.717, 1.165) is 5.56 Å². The molecule has 0 spiro atoms. The van der Waals surface area contributed by atoms with Gasteiger partial charge < -0.3 is 10.4 Å². The van der Waals surface area contributed by atoms with Crippen molar-refractivity contribution in [1.82, 2.24) is 0 Å². The second kappa shape index (κ2) is 4.62. The molecule has 1 aromatic rings. The normalized spacial score (nSPS) is 11.4. The zero-order valence-corrected chi connectivity index (χ0v) is 10.8. The summed E-state index contributed by atoms with van der Waals surface area (Å²) >= 11 is 11.9. The van der Waals surface area contributed by atoms with E-state index in [-0.39, 0.29) is 0 Å². The highest BCUT2D eigenvalue weighted by atomic mass is 35.5. The number of rotatable bonds is 2. The van der Waals surface area contributed by atoms with Crippen molar-refractivity contribution in [3.8, 4) is 0 Å². The van der Waals surface area contributed by atoms with Gasteiger partial charge in [0.1, 0.15) is 5.60 Å². The van der Waals surface area contributed by atoms with Crippen LogP contribution < -0.4 is 5.32 Å². The Balaban J connectivity index is 3.07. The minimum atomic E-state index is -1.48. The molecule has 0 aliphatic heterocycles. The van der Waals surface area contributed by atoms with Crippen molar-refractivity contribution >= 4 is 34.8 Å². The number of carbonyl (C=O) groups is 1. The van der Waals surface area contributed by atoms with Crippen molar-refractivity contribution in [2.75, 3.05) is 5.32 Å². The Bertz CT molecular complexity index is 425. The lowest BCUT2D eigenvalue weighted by atomic mass is 10.1. The SMILES string of the molecule is Cc1ccc(Cl)c(NC(=O)C(C)(C)O)c1Cl. The maximum atomic E-state index is 11.6. The highest BCUT2D eigenvalue weighted by Gasteiger charge is 2.25. The minimum absolute atomic E-state index is 0.329. The van der Waals surface area contributed by atoms with E-state index in [2.05, 4.69) is 5.32 Å². The van der Waals surface area contributed by atoms with Gasteiger partial charge in [0.05, 0.1) is 15.7 Å². The lowest BCUT2D eigenvalue weighted by Gasteiger charge is -2.18. The highest BCUT2D eigenvalue weighted by molar-refractivity contribution is 6.40. The zero-order valence-electron chi connectivity index (χ0n) is 9.27. The molecule has 0 unspecified atom stereocenters. The summed E-state index contributed by atoms with van der Waals surface area (Å²) in [5, 5.41) is 12.7. The van der Waals surface area contributed by atoms with Gasteiger partial charge in [-0.3, -0.25) is 4.79 Å². The summed E-state index contributed by atoms with van der Waals surface area (Å²) in [4.78, 5) is 11.6. The van der Waals surface area contributed by atoms with E-state index in [4.69, 9.17) is 23.2 Å². The molecule has 0 saturated heterocycles. The molecule has 1 amide bonds. The molecule has 0 aromatic heterocycles. The molecule has 1 rings (SSSR count). The van der Waals surface area contributed by atoms with Gasteiger partial charge in [-0.15, -0.1) is 0 Å². The molecule has 0 aliphatic carbocycles. The summed E-state index contributed by atoms with van der Waals surface area (Å²) in [5.74, 6) is -0.554. The summed E-state index contributed by atoms with van der Waals surface area (Å²) in [6.45, 7) is 4.58. The van der Waals surface area contributed by atoms with Gasteiger partial charge in [0.15, 0.2) is 0 Å². The minimum Gasteiger partial charge on any atom is -0.381 e. The van der Waals surface area contributed by atoms with Crippen LogP contribution in [0.15, 0.2) is 12.1 Å². The van der Waals surface area contributed by atoms with E-state index in [1.807, 2.05) is 0 Å². The number of anilines is 1. The van der Waals surface area contributed by atoms with Crippen LogP contribution in [0.25, 0.3) is 0 Å². The molecular weight excluding hydrogens is 249 g/mol. The first-order chi connectivity index (χ1) is 7.23. The van der Waals surface area contributed by atoms with E-state index in [1.54, 1.807) is 19.1 Å². The Morgan fingerprint density at radius 1 is 1.38 bits per heavy atom. The molecule has 5 heteroatoms. The van der Waals surface area contributed by atoms with Crippen LogP contribution in [0, 0.1) is 6.92 Å². The van der Waals surface area contributed by atoms with E-state index < -0.39 is 11.5 Å². The average molecular weight is 262 g/mol. The molecule has 2 N–H and O–H groups in total. The molecule has 0 bridgehead atoms. The Hall–Kier alpha value is -0.770. The quantitative estimate of drug-likeness (QED) is 0.860. The number of aliphatic hydroxyl groups is 1. The van der Waals surface area contributed by atoms with Gasteiger partial charge in [0.2, 0.25) is 0 Å². The molecular formula is C11H13Cl2NO2. The Morgan fingerprint density at radius 3 is 2.44 bits per heavy atom. The van der Waals surface area contributed by atoms with Gasteiger partial charge >= 0.3 is 0 Å². The fourth-order valence-corrected chi connectivity index (χ4v) is 1.50. The highest BCUT2D eigenvalue weighted by Crippen LogP contribution is 2.33. The number of nitrogens with one attached hydrogen (secondary N) is 1. The third kappa shape index (κ3) is 2.88. The first-order valence-corrected chi connectivity index (χ1v) is 5.47. The summed E-state index contributed by atoms with van der Waals surface area (Å²) in [6.07, 6.45) is 0. The van der Waals surface area contributed by atoms with Crippen molar-refractivity contribution in [3.63, 3.8) is 0 Å². The maximum absolute atomic E-state index is 11.6. The lowest BCUT2D eigenvalue weighted by Crippen LogP contribution is -2.36. The van der Waals surface area contributed by atoms with Crippen LogP contribution >= 0.6 is 23.2 Å². The number of amides is 1. The largest absolute Gasteiger partial charge is 0.381 e. The van der Waals surface area contributed by atoms with Crippen LogP contribution in [0.2, 0.25) is 10.0 Å². The van der Waals surface area contributed by atoms with Crippen LogP contribution in [0.5, 0.6) is 0 Å². The van der Waals surface area contributed by atoms with Crippen molar-refractivity contribution in [1.29, 1.82) is 0 Å². The van der Waals surface area contributed by atoms with Crippen molar-refractivity contribution < 1.29 is 9.90 Å². The monoisotopic (exact) mass is 261 g/mol. The van der Waals surface area contributed by atoms with Crippen molar-refractivity contribution in [2.45, 2.75) is 26.4 Å². The van der Waals surface area contributed by atoms with Gasteiger partial charge in [-0.2, -0.15) is 0 Å². The molecule has 1 aromatic carbocycles. The summed E-state index contributed by atoms with van der Waals surface area (Å²) in [5.41, 5.74) is -0.344. The Kier molecular flexibility index (Phi) is 3.84. The van der Waals surface area contributed by atoms with Gasteiger partial charge in [0.25, 0.3) is 5.91 Å². The number of hydrogen-bond donors (Lipinski definition) is 2. The Labute approximate surface area is 104 Å². The number of aryl methyl sites for hydroxylation is 1. The number of benzene rings is 1. The van der Waals surface area contributed by atoms with Crippen molar-refractivity contribution in [3.05, 3.63) is 27.7 Å². The van der Waals surface area contributed by atoms with Crippen LogP contribution in [0.4, 0.5) is 5.69 Å². The molecule has 0 heterocycles. The fraction of sp³-hybridized carbons (Fsp3) is 0.364. The zero-order chi connectivity index (χ0) is 12.5. The lowest BCUT2D eigenvalue weighted by molar-refractivity contribution is -0.130. The van der Waals surface area contributed by atoms with E-state index in [0.29, 0.717) is 15.7 Å². The predicted octanol–water partition coefficient (Wildman–Crippen LogP) is 3.01. The molecule has 0 atom stereocenters. The van der Waals surface area contributed by atoms with Crippen molar-refractivity contribution in [2.24, 2.45) is 0 Å². The molecule has 0 saturated carbocycles. The second-order valence-corrected chi connectivity index (χ2v) is 4.85. The number of carbonyl (C=O) groups excluding carboxylic acids is 1. The van der Waals surface area contributed by atoms with Gasteiger partial charge in [-0.05, 0) is 32.4 Å². The van der Waals surface area contributed by atoms with E-state index in [1.165, 1.54) is 13.8 Å². The van der Waals surface area contributed by atoms with E-state index in [9.17, 15) is 9.90 Å². The summed E-state index contributed by atoms with van der Waals surface area (Å²) < 4.78 is 0.